The summed E-state index contributed by atoms with van der Waals surface area (Å²) in [5.74, 6) is 0.839. The van der Waals surface area contributed by atoms with Crippen LogP contribution in [-0.4, -0.2) is 0 Å². The molecule has 0 aliphatic carbocycles. The predicted octanol–water partition coefficient (Wildman–Crippen LogP) is 20.0. The van der Waals surface area contributed by atoms with Crippen LogP contribution >= 0.6 is 11.6 Å². The summed E-state index contributed by atoms with van der Waals surface area (Å²) in [6.45, 7) is 24.6. The van der Waals surface area contributed by atoms with Crippen LogP contribution in [0, 0.1) is 34.6 Å². The maximum Gasteiger partial charge on any atom is 0.136 e. The lowest BCUT2D eigenvalue weighted by molar-refractivity contribution is 0.589. The molecule has 10 aromatic rings. The van der Waals surface area contributed by atoms with Crippen molar-refractivity contribution in [2.75, 3.05) is 14.7 Å². The van der Waals surface area contributed by atoms with Gasteiger partial charge in [-0.25, -0.2) is 0 Å². The first-order valence-electron chi connectivity index (χ1n) is 24.6. The number of hydrogen-bond acceptors (Lipinski definition) is 5. The largest absolute Gasteiger partial charge is 0.462 e. The van der Waals surface area contributed by atoms with E-state index in [-0.39, 0.29) is 10.8 Å². The Morgan fingerprint density at radius 1 is 0.423 bits per heavy atom. The standard InChI is InChI=1S/C65H62ClN3O2/c1-41-33-55(61(66)56(34-41)69(63-44(4)35-49(36-45(63)5)65(9,10)11)57-40-70-59-32-29-48(38-54(57)59)64(6,7)8)68(62-42(2)19-17-20-43(62)3)53-25-18-24-52(39-53)67(50-22-13-12-14-23-50)51-30-27-46(28-31-51)60-37-47-21-15-16-26-58(47)71-60/h12-40H,1-11H3. The summed E-state index contributed by atoms with van der Waals surface area (Å²) >= 11 is 8.16. The van der Waals surface area contributed by atoms with Crippen LogP contribution in [0.2, 0.25) is 5.02 Å². The molecule has 356 valence electrons. The van der Waals surface area contributed by atoms with Gasteiger partial charge in [-0.1, -0.05) is 132 Å². The summed E-state index contributed by atoms with van der Waals surface area (Å²) < 4.78 is 12.7. The Hall–Kier alpha value is -7.47. The van der Waals surface area contributed by atoms with Crippen molar-refractivity contribution in [1.82, 2.24) is 0 Å². The second-order valence-corrected chi connectivity index (χ2v) is 21.6. The number of hydrogen-bond donors (Lipinski definition) is 0. The molecular weight excluding hydrogens is 890 g/mol. The number of halogens is 1. The molecule has 2 aromatic heterocycles. The lowest BCUT2D eigenvalue weighted by atomic mass is 9.84. The first-order chi connectivity index (χ1) is 33.9. The summed E-state index contributed by atoms with van der Waals surface area (Å²) in [7, 11) is 0. The third-order valence-electron chi connectivity index (χ3n) is 13.8. The van der Waals surface area contributed by atoms with Gasteiger partial charge in [-0.2, -0.15) is 0 Å². The molecule has 6 heteroatoms. The van der Waals surface area contributed by atoms with Gasteiger partial charge in [0, 0.05) is 39.1 Å². The minimum absolute atomic E-state index is 0.0353. The second-order valence-electron chi connectivity index (χ2n) is 21.2. The topological polar surface area (TPSA) is 36.0 Å². The highest BCUT2D eigenvalue weighted by atomic mass is 35.5. The van der Waals surface area contributed by atoms with Crippen LogP contribution in [0.1, 0.15) is 80.5 Å². The van der Waals surface area contributed by atoms with E-state index in [0.29, 0.717) is 5.02 Å². The summed E-state index contributed by atoms with van der Waals surface area (Å²) in [6, 6.07) is 60.4. The van der Waals surface area contributed by atoms with Crippen molar-refractivity contribution in [3.8, 4) is 11.3 Å². The van der Waals surface area contributed by atoms with Crippen molar-refractivity contribution in [1.29, 1.82) is 0 Å². The zero-order chi connectivity index (χ0) is 49.9. The molecule has 0 fully saturated rings. The number of furan rings is 2. The average molecular weight is 953 g/mol. The Bertz CT molecular complexity index is 3510. The Balaban J connectivity index is 1.17. The fourth-order valence-corrected chi connectivity index (χ4v) is 10.3. The third-order valence-corrected chi connectivity index (χ3v) is 14.1. The molecule has 0 saturated heterocycles. The fraction of sp³-hybridized carbons (Fsp3) is 0.200. The van der Waals surface area contributed by atoms with Gasteiger partial charge in [-0.3, -0.25) is 0 Å². The fourth-order valence-electron chi connectivity index (χ4n) is 10.1. The predicted molar refractivity (Wildman–Crippen MR) is 302 cm³/mol. The van der Waals surface area contributed by atoms with Gasteiger partial charge < -0.3 is 23.5 Å². The van der Waals surface area contributed by atoms with Crippen molar-refractivity contribution in [2.24, 2.45) is 0 Å². The number of rotatable bonds is 10. The van der Waals surface area contributed by atoms with E-state index in [9.17, 15) is 0 Å². The highest BCUT2D eigenvalue weighted by Gasteiger charge is 2.30. The highest BCUT2D eigenvalue weighted by molar-refractivity contribution is 6.37. The molecule has 0 unspecified atom stereocenters. The maximum atomic E-state index is 8.16. The van der Waals surface area contributed by atoms with Gasteiger partial charge in [-0.05, 0) is 175 Å². The molecule has 71 heavy (non-hydrogen) atoms. The number of anilines is 9. The summed E-state index contributed by atoms with van der Waals surface area (Å²) in [6.07, 6.45) is 1.90. The summed E-state index contributed by atoms with van der Waals surface area (Å²) in [5.41, 5.74) is 19.6. The summed E-state index contributed by atoms with van der Waals surface area (Å²) in [4.78, 5) is 7.01. The second kappa shape index (κ2) is 18.4. The van der Waals surface area contributed by atoms with Gasteiger partial charge >= 0.3 is 0 Å². The number of nitrogens with zero attached hydrogens (tertiary/aromatic N) is 3. The van der Waals surface area contributed by atoms with Crippen LogP contribution in [0.25, 0.3) is 33.3 Å². The average Bonchev–Trinajstić information content (AvgIpc) is 3.97. The first-order valence-corrected chi connectivity index (χ1v) is 25.0. The van der Waals surface area contributed by atoms with E-state index in [4.69, 9.17) is 20.4 Å². The van der Waals surface area contributed by atoms with Gasteiger partial charge in [0.15, 0.2) is 0 Å². The maximum absolute atomic E-state index is 8.16. The minimum Gasteiger partial charge on any atom is -0.462 e. The smallest absolute Gasteiger partial charge is 0.136 e. The van der Waals surface area contributed by atoms with E-state index in [2.05, 4.69) is 243 Å². The molecule has 0 saturated carbocycles. The van der Waals surface area contributed by atoms with E-state index in [0.717, 1.165) is 112 Å². The quantitative estimate of drug-likeness (QED) is 0.136. The van der Waals surface area contributed by atoms with Crippen LogP contribution in [0.5, 0.6) is 0 Å². The molecule has 0 bridgehead atoms. The SMILES string of the molecule is Cc1cc(N(c2cccc(N(c3ccccc3)c3ccc(-c4cc5ccccc5o4)cc3)c2)c2c(C)cccc2C)c(Cl)c(N(c2c(C)cc(C(C)(C)C)cc2C)c2coc3ccc(C(C)(C)C)cc23)c1. The molecule has 0 N–H and O–H groups in total. The molecule has 2 heterocycles. The molecule has 0 aliphatic rings. The lowest BCUT2D eigenvalue weighted by Gasteiger charge is -2.34. The van der Waals surface area contributed by atoms with Gasteiger partial charge in [0.2, 0.25) is 0 Å². The molecule has 0 atom stereocenters. The van der Waals surface area contributed by atoms with Gasteiger partial charge in [0.25, 0.3) is 0 Å². The molecule has 0 amide bonds. The lowest BCUT2D eigenvalue weighted by Crippen LogP contribution is -2.19. The molecule has 10 rings (SSSR count). The van der Waals surface area contributed by atoms with E-state index in [1.807, 2.05) is 24.5 Å². The van der Waals surface area contributed by atoms with Crippen molar-refractivity contribution in [3.63, 3.8) is 0 Å². The Kier molecular flexibility index (Phi) is 12.2. The van der Waals surface area contributed by atoms with E-state index in [1.165, 1.54) is 11.1 Å². The van der Waals surface area contributed by atoms with Crippen LogP contribution in [0.4, 0.5) is 51.2 Å². The zero-order valence-corrected chi connectivity index (χ0v) is 43.5. The van der Waals surface area contributed by atoms with Crippen LogP contribution in [-0.2, 0) is 10.8 Å². The van der Waals surface area contributed by atoms with Crippen LogP contribution < -0.4 is 14.7 Å². The minimum atomic E-state index is -0.0721. The van der Waals surface area contributed by atoms with E-state index < -0.39 is 0 Å². The third kappa shape index (κ3) is 9.00. The zero-order valence-electron chi connectivity index (χ0n) is 42.8. The Morgan fingerprint density at radius 3 is 1.63 bits per heavy atom. The molecular formula is C65H62ClN3O2. The molecule has 0 radical (unpaired) electrons. The van der Waals surface area contributed by atoms with Crippen molar-refractivity contribution in [3.05, 3.63) is 220 Å². The molecule has 8 aromatic carbocycles. The van der Waals surface area contributed by atoms with Crippen LogP contribution in [0.3, 0.4) is 0 Å². The van der Waals surface area contributed by atoms with Crippen molar-refractivity contribution in [2.45, 2.75) is 87.0 Å². The van der Waals surface area contributed by atoms with Crippen molar-refractivity contribution < 1.29 is 8.83 Å². The number of fused-ring (bicyclic) bond motifs is 2. The normalized spacial score (nSPS) is 11.9. The van der Waals surface area contributed by atoms with Crippen LogP contribution in [0.15, 0.2) is 185 Å². The number of aryl methyl sites for hydroxylation is 5. The van der Waals surface area contributed by atoms with E-state index >= 15 is 0 Å². The Morgan fingerprint density at radius 2 is 0.986 bits per heavy atom. The molecule has 0 aliphatic heterocycles. The molecule has 5 nitrogen and oxygen atoms in total. The van der Waals surface area contributed by atoms with Crippen molar-refractivity contribution >= 4 is 84.7 Å². The monoisotopic (exact) mass is 951 g/mol. The number of benzene rings is 8. The van der Waals surface area contributed by atoms with Gasteiger partial charge in [0.05, 0.1) is 33.5 Å². The van der Waals surface area contributed by atoms with E-state index in [1.54, 1.807) is 0 Å². The van der Waals surface area contributed by atoms with Gasteiger partial charge in [0.1, 0.15) is 23.2 Å². The first kappa shape index (κ1) is 47.2. The molecule has 0 spiro atoms. The highest BCUT2D eigenvalue weighted by Crippen LogP contribution is 2.52. The number of para-hydroxylation sites is 3. The van der Waals surface area contributed by atoms with Gasteiger partial charge in [-0.15, -0.1) is 0 Å². The Labute approximate surface area is 424 Å². The summed E-state index contributed by atoms with van der Waals surface area (Å²) in [5, 5.41) is 2.73.